The lowest BCUT2D eigenvalue weighted by Crippen LogP contribution is -2.55. The minimum atomic E-state index is -1.21. The number of halogens is 1. The summed E-state index contributed by atoms with van der Waals surface area (Å²) in [4.78, 5) is 51.2. The first-order chi connectivity index (χ1) is 18.4. The van der Waals surface area contributed by atoms with Gasteiger partial charge >= 0.3 is 5.97 Å². The molecule has 0 aliphatic carbocycles. The quantitative estimate of drug-likeness (QED) is 0.261. The Hall–Kier alpha value is -2.85. The molecule has 2 amide bonds. The predicted molar refractivity (Wildman–Crippen MR) is 157 cm³/mol. The first-order valence-electron chi connectivity index (χ1n) is 12.7. The summed E-state index contributed by atoms with van der Waals surface area (Å²) in [6, 6.07) is 12.8. The van der Waals surface area contributed by atoms with Crippen LogP contribution in [-0.2, 0) is 24.9 Å². The lowest BCUT2D eigenvalue weighted by molar-refractivity contribution is -0.140. The smallest absolute Gasteiger partial charge is 0.305 e. The first-order valence-corrected chi connectivity index (χ1v) is 14.7. The van der Waals surface area contributed by atoms with Crippen LogP contribution in [0.4, 0.5) is 0 Å². The van der Waals surface area contributed by atoms with Crippen LogP contribution in [0.25, 0.3) is 0 Å². The number of benzene rings is 2. The molecule has 0 aliphatic rings. The van der Waals surface area contributed by atoms with E-state index < -0.39 is 36.3 Å². The molecule has 0 saturated heterocycles. The molecule has 212 valence electrons. The molecule has 39 heavy (non-hydrogen) atoms. The van der Waals surface area contributed by atoms with Gasteiger partial charge in [-0.05, 0) is 35.6 Å². The predicted octanol–water partition coefficient (Wildman–Crippen LogP) is 4.80. The number of methoxy groups -OCH3 is 1. The number of Topliss-reactive ketones (excluding diaryl/α,β-unsaturated/α-hetero) is 1. The van der Waals surface area contributed by atoms with Gasteiger partial charge in [-0.25, -0.2) is 0 Å². The number of ketones is 1. The highest BCUT2D eigenvalue weighted by Crippen LogP contribution is 2.34. The molecule has 0 heterocycles. The Bertz CT molecular complexity index is 1140. The molecule has 0 aromatic heterocycles. The number of thioether (sulfide) groups is 1. The van der Waals surface area contributed by atoms with Gasteiger partial charge in [-0.15, -0.1) is 11.8 Å². The second-order valence-corrected chi connectivity index (χ2v) is 11.8. The summed E-state index contributed by atoms with van der Waals surface area (Å²) < 4.78 is 6.27. The molecule has 0 saturated carbocycles. The molecule has 2 aromatic carbocycles. The van der Waals surface area contributed by atoms with Crippen LogP contribution in [-0.4, -0.2) is 53.6 Å². The number of ether oxygens (including phenoxy) is 1. The third-order valence-corrected chi connectivity index (χ3v) is 7.68. The summed E-state index contributed by atoms with van der Waals surface area (Å²) in [7, 11) is 1.53. The third kappa shape index (κ3) is 10.0. The number of carbonyl (C=O) groups is 4. The molecular weight excluding hydrogens is 584 g/mol. The zero-order valence-corrected chi connectivity index (χ0v) is 25.3. The Morgan fingerprint density at radius 2 is 1.62 bits per heavy atom. The van der Waals surface area contributed by atoms with Gasteiger partial charge in [0.1, 0.15) is 11.8 Å². The maximum Gasteiger partial charge on any atom is 0.305 e. The summed E-state index contributed by atoms with van der Waals surface area (Å²) in [5.41, 5.74) is 1.72. The number of amides is 2. The highest BCUT2D eigenvalue weighted by Gasteiger charge is 2.34. The van der Waals surface area contributed by atoms with Gasteiger partial charge in [0.2, 0.25) is 11.8 Å². The van der Waals surface area contributed by atoms with E-state index >= 15 is 0 Å². The van der Waals surface area contributed by atoms with Crippen molar-refractivity contribution in [1.29, 1.82) is 0 Å². The number of carbonyl (C=O) groups excluding carboxylic acids is 3. The van der Waals surface area contributed by atoms with Gasteiger partial charge in [-0.1, -0.05) is 74.0 Å². The molecule has 0 radical (unpaired) electrons. The van der Waals surface area contributed by atoms with Crippen LogP contribution in [0.15, 0.2) is 53.0 Å². The van der Waals surface area contributed by atoms with E-state index in [-0.39, 0.29) is 29.3 Å². The maximum atomic E-state index is 13.5. The number of hydrogen-bond acceptors (Lipinski definition) is 6. The Kier molecular flexibility index (Phi) is 13.0. The monoisotopic (exact) mass is 620 g/mol. The molecule has 8 nitrogen and oxygen atoms in total. The van der Waals surface area contributed by atoms with E-state index in [0.717, 1.165) is 10.0 Å². The van der Waals surface area contributed by atoms with Gasteiger partial charge in [0, 0.05) is 15.8 Å². The lowest BCUT2D eigenvalue weighted by Gasteiger charge is -2.28. The molecule has 2 rings (SSSR count). The van der Waals surface area contributed by atoms with E-state index in [9.17, 15) is 24.3 Å². The van der Waals surface area contributed by atoms with Crippen molar-refractivity contribution < 1.29 is 29.0 Å². The third-order valence-electron chi connectivity index (χ3n) is 6.16. The van der Waals surface area contributed by atoms with Gasteiger partial charge in [0.25, 0.3) is 0 Å². The van der Waals surface area contributed by atoms with Crippen LogP contribution in [0.2, 0.25) is 0 Å². The molecule has 0 unspecified atom stereocenters. The van der Waals surface area contributed by atoms with Crippen LogP contribution >= 0.6 is 27.7 Å². The molecule has 0 aliphatic heterocycles. The van der Waals surface area contributed by atoms with Gasteiger partial charge in [-0.2, -0.15) is 0 Å². The van der Waals surface area contributed by atoms with Crippen LogP contribution in [0.5, 0.6) is 5.75 Å². The van der Waals surface area contributed by atoms with Crippen molar-refractivity contribution in [3.8, 4) is 5.75 Å². The van der Waals surface area contributed by atoms with Crippen molar-refractivity contribution in [1.82, 2.24) is 10.6 Å². The average Bonchev–Trinajstić information content (AvgIpc) is 2.87. The molecule has 0 spiro atoms. The van der Waals surface area contributed by atoms with Crippen molar-refractivity contribution in [2.45, 2.75) is 57.9 Å². The van der Waals surface area contributed by atoms with E-state index in [4.69, 9.17) is 4.74 Å². The van der Waals surface area contributed by atoms with E-state index in [1.54, 1.807) is 19.9 Å². The number of nitrogens with one attached hydrogen (secondary N) is 2. The molecule has 3 N–H and O–H groups in total. The van der Waals surface area contributed by atoms with E-state index in [1.807, 2.05) is 56.3 Å². The molecular formula is C29H37BrN2O6S. The first kappa shape index (κ1) is 32.4. The fourth-order valence-electron chi connectivity index (χ4n) is 4.16. The largest absolute Gasteiger partial charge is 0.496 e. The summed E-state index contributed by atoms with van der Waals surface area (Å²) >= 11 is 4.80. The fraction of sp³-hybridized carbons (Fsp3) is 0.448. The molecule has 10 heteroatoms. The zero-order chi connectivity index (χ0) is 29.1. The second-order valence-electron chi connectivity index (χ2n) is 9.94. The summed E-state index contributed by atoms with van der Waals surface area (Å²) in [6.45, 7) is 7.37. The lowest BCUT2D eigenvalue weighted by atomic mass is 9.86. The minimum Gasteiger partial charge on any atom is -0.496 e. The average molecular weight is 622 g/mol. The Morgan fingerprint density at radius 1 is 0.949 bits per heavy atom. The van der Waals surface area contributed by atoms with E-state index in [2.05, 4.69) is 26.6 Å². The van der Waals surface area contributed by atoms with Crippen LogP contribution in [0.1, 0.15) is 51.2 Å². The molecule has 0 bridgehead atoms. The normalized spacial score (nSPS) is 13.4. The Morgan fingerprint density at radius 3 is 2.18 bits per heavy atom. The van der Waals surface area contributed by atoms with Crippen molar-refractivity contribution in [3.05, 3.63) is 64.1 Å². The minimum absolute atomic E-state index is 0.0456. The number of carboxylic acid groups (broad SMARTS) is 1. The van der Waals surface area contributed by atoms with Crippen LogP contribution in [0.3, 0.4) is 0 Å². The fourth-order valence-corrected chi connectivity index (χ4v) is 5.47. The molecule has 3 atom stereocenters. The van der Waals surface area contributed by atoms with Gasteiger partial charge < -0.3 is 20.5 Å². The van der Waals surface area contributed by atoms with Crippen molar-refractivity contribution in [3.63, 3.8) is 0 Å². The molecule has 0 fully saturated rings. The topological polar surface area (TPSA) is 122 Å². The summed E-state index contributed by atoms with van der Waals surface area (Å²) in [6.07, 6.45) is -0.543. The van der Waals surface area contributed by atoms with Gasteiger partial charge in [-0.3, -0.25) is 19.2 Å². The number of carboxylic acids is 1. The van der Waals surface area contributed by atoms with Crippen molar-refractivity contribution in [2.24, 2.45) is 11.8 Å². The maximum absolute atomic E-state index is 13.5. The highest BCUT2D eigenvalue weighted by molar-refractivity contribution is 9.10. The van der Waals surface area contributed by atoms with E-state index in [0.29, 0.717) is 17.1 Å². The molecule has 2 aromatic rings. The van der Waals surface area contributed by atoms with Crippen LogP contribution in [0, 0.1) is 11.8 Å². The Labute approximate surface area is 242 Å². The van der Waals surface area contributed by atoms with Crippen molar-refractivity contribution in [2.75, 3.05) is 12.9 Å². The number of hydrogen-bond donors (Lipinski definition) is 3. The SMILES string of the molecule is COc1ccc(Br)cc1[C@H](C(=O)N[C@H](C(=O)N[C@@H](CC(=O)O)C(=O)CSCc1ccccc1)C(C)C)C(C)C. The summed E-state index contributed by atoms with van der Waals surface area (Å²) in [5, 5.41) is 14.8. The second kappa shape index (κ2) is 15.7. The zero-order valence-electron chi connectivity index (χ0n) is 22.9. The van der Waals surface area contributed by atoms with Gasteiger partial charge in [0.05, 0.1) is 31.2 Å². The summed E-state index contributed by atoms with van der Waals surface area (Å²) in [5.74, 6) is -2.43. The Balaban J connectivity index is 2.17. The van der Waals surface area contributed by atoms with Crippen LogP contribution < -0.4 is 15.4 Å². The van der Waals surface area contributed by atoms with Crippen molar-refractivity contribution >= 4 is 51.3 Å². The standard InChI is InChI=1S/C29H37BrN2O6S/c1-17(2)26(21-13-20(30)11-12-24(21)38-5)28(36)32-27(18(3)4)29(37)31-22(14-25(34)35)23(33)16-39-15-19-9-7-6-8-10-19/h6-13,17-18,22,26-27H,14-16H2,1-5H3,(H,31,37)(H,32,36)(H,34,35)/t22-,26+,27-/m0/s1. The highest BCUT2D eigenvalue weighted by atomic mass is 79.9. The number of rotatable bonds is 15. The number of aliphatic carboxylic acids is 1. The van der Waals surface area contributed by atoms with E-state index in [1.165, 1.54) is 18.9 Å². The van der Waals surface area contributed by atoms with Gasteiger partial charge in [0.15, 0.2) is 5.78 Å².